The van der Waals surface area contributed by atoms with Crippen LogP contribution < -0.4 is 11.1 Å². The van der Waals surface area contributed by atoms with Crippen molar-refractivity contribution in [3.8, 4) is 6.07 Å². The number of primary amides is 1. The van der Waals surface area contributed by atoms with E-state index in [2.05, 4.69) is 5.32 Å². The number of carbonyl (C=O) groups excluding carboxylic acids is 1. The molecule has 1 aromatic carbocycles. The molecule has 0 fully saturated rings. The molecule has 1 heterocycles. The van der Waals surface area contributed by atoms with E-state index in [1.165, 1.54) is 0 Å². The van der Waals surface area contributed by atoms with E-state index in [0.29, 0.717) is 30.2 Å². The van der Waals surface area contributed by atoms with Crippen molar-refractivity contribution in [2.75, 3.05) is 0 Å². The monoisotopic (exact) mass is 255 g/mol. The minimum Gasteiger partial charge on any atom is -0.449 e. The molecule has 0 unspecified atom stereocenters. The fraction of sp³-hybridized carbons (Fsp3) is 0.143. The summed E-state index contributed by atoms with van der Waals surface area (Å²) in [6, 6.07) is 12.4. The molecule has 2 aromatic rings. The average Bonchev–Trinajstić information content (AvgIpc) is 2.87. The van der Waals surface area contributed by atoms with E-state index in [-0.39, 0.29) is 0 Å². The maximum Gasteiger partial charge on any atom is 0.248 e. The molecule has 0 saturated heterocycles. The number of amides is 1. The van der Waals surface area contributed by atoms with Crippen LogP contribution in [0.25, 0.3) is 0 Å². The molecule has 0 saturated carbocycles. The minimum atomic E-state index is -0.438. The van der Waals surface area contributed by atoms with Gasteiger partial charge in [-0.25, -0.2) is 0 Å². The molecule has 3 N–H and O–H groups in total. The van der Waals surface area contributed by atoms with Crippen molar-refractivity contribution in [3.63, 3.8) is 0 Å². The van der Waals surface area contributed by atoms with Gasteiger partial charge in [0, 0.05) is 12.1 Å². The highest BCUT2D eigenvalue weighted by Crippen LogP contribution is 2.07. The third kappa shape index (κ3) is 3.44. The van der Waals surface area contributed by atoms with Gasteiger partial charge in [-0.2, -0.15) is 5.26 Å². The first kappa shape index (κ1) is 12.9. The predicted molar refractivity (Wildman–Crippen MR) is 68.9 cm³/mol. The van der Waals surface area contributed by atoms with Crippen molar-refractivity contribution >= 4 is 5.91 Å². The zero-order valence-electron chi connectivity index (χ0n) is 10.2. The first-order valence-corrected chi connectivity index (χ1v) is 5.77. The van der Waals surface area contributed by atoms with Gasteiger partial charge in [-0.3, -0.25) is 4.79 Å². The number of benzene rings is 1. The molecule has 2 rings (SSSR count). The Labute approximate surface area is 110 Å². The summed E-state index contributed by atoms with van der Waals surface area (Å²) in [5, 5.41) is 11.8. The number of hydrogen-bond acceptors (Lipinski definition) is 4. The Bertz CT molecular complexity index is 626. The molecule has 0 bridgehead atoms. The van der Waals surface area contributed by atoms with Gasteiger partial charge in [-0.05, 0) is 29.8 Å². The molecule has 5 heteroatoms. The van der Waals surface area contributed by atoms with E-state index in [1.54, 1.807) is 30.3 Å². The normalized spacial score (nSPS) is 10.1. The van der Waals surface area contributed by atoms with Gasteiger partial charge in [0.1, 0.15) is 11.8 Å². The molecule has 0 aliphatic heterocycles. The zero-order valence-corrected chi connectivity index (χ0v) is 10.2. The van der Waals surface area contributed by atoms with Crippen molar-refractivity contribution in [3.05, 3.63) is 59.0 Å². The maximum atomic E-state index is 11.0. The highest BCUT2D eigenvalue weighted by molar-refractivity contribution is 5.92. The number of carbonyl (C=O) groups is 1. The highest BCUT2D eigenvalue weighted by atomic mass is 16.3. The molecular formula is C14H13N3O2. The van der Waals surface area contributed by atoms with Gasteiger partial charge in [-0.15, -0.1) is 0 Å². The van der Waals surface area contributed by atoms with Gasteiger partial charge >= 0.3 is 0 Å². The molecule has 1 aromatic heterocycles. The molecule has 0 atom stereocenters. The smallest absolute Gasteiger partial charge is 0.248 e. The van der Waals surface area contributed by atoms with Crippen LogP contribution in [0.3, 0.4) is 0 Å². The number of rotatable bonds is 5. The van der Waals surface area contributed by atoms with Crippen LogP contribution in [0.1, 0.15) is 27.4 Å². The average molecular weight is 255 g/mol. The summed E-state index contributed by atoms with van der Waals surface area (Å²) in [5.41, 5.74) is 6.67. The molecule has 0 spiro atoms. The van der Waals surface area contributed by atoms with Gasteiger partial charge in [0.05, 0.1) is 6.54 Å². The van der Waals surface area contributed by atoms with E-state index >= 15 is 0 Å². The minimum absolute atomic E-state index is 0.299. The summed E-state index contributed by atoms with van der Waals surface area (Å²) in [6.07, 6.45) is 0. The molecule has 0 aliphatic carbocycles. The number of hydrogen-bond donors (Lipinski definition) is 2. The van der Waals surface area contributed by atoms with Gasteiger partial charge in [-0.1, -0.05) is 12.1 Å². The molecule has 5 nitrogen and oxygen atoms in total. The van der Waals surface area contributed by atoms with Gasteiger partial charge in [0.2, 0.25) is 11.7 Å². The van der Waals surface area contributed by atoms with Crippen molar-refractivity contribution in [2.24, 2.45) is 5.73 Å². The maximum absolute atomic E-state index is 11.0. The topological polar surface area (TPSA) is 92.0 Å². The lowest BCUT2D eigenvalue weighted by Crippen LogP contribution is -2.14. The van der Waals surface area contributed by atoms with E-state index in [4.69, 9.17) is 15.4 Å². The van der Waals surface area contributed by atoms with E-state index in [9.17, 15) is 4.79 Å². The largest absolute Gasteiger partial charge is 0.449 e. The number of furan rings is 1. The molecule has 1 amide bonds. The summed E-state index contributed by atoms with van der Waals surface area (Å²) in [6.45, 7) is 1.10. The van der Waals surface area contributed by atoms with Crippen LogP contribution in [-0.4, -0.2) is 5.91 Å². The standard InChI is InChI=1S/C14H13N3O2/c15-7-12-4-5-13(19-12)9-17-8-10-2-1-3-11(6-10)14(16)18/h1-6,17H,8-9H2,(H2,16,18). The van der Waals surface area contributed by atoms with Crippen LogP contribution in [0.5, 0.6) is 0 Å². The van der Waals surface area contributed by atoms with Crippen LogP contribution in [0.2, 0.25) is 0 Å². The molecule has 0 radical (unpaired) electrons. The summed E-state index contributed by atoms with van der Waals surface area (Å²) in [7, 11) is 0. The van der Waals surface area contributed by atoms with Crippen LogP contribution in [0, 0.1) is 11.3 Å². The zero-order chi connectivity index (χ0) is 13.7. The Hall–Kier alpha value is -2.58. The third-order valence-electron chi connectivity index (χ3n) is 2.61. The van der Waals surface area contributed by atoms with E-state index in [0.717, 1.165) is 5.56 Å². The summed E-state index contributed by atoms with van der Waals surface area (Å²) < 4.78 is 5.23. The highest BCUT2D eigenvalue weighted by Gasteiger charge is 2.03. The number of nitrogens with two attached hydrogens (primary N) is 1. The summed E-state index contributed by atoms with van der Waals surface area (Å²) in [5.74, 6) is 0.557. The second-order valence-electron chi connectivity index (χ2n) is 4.05. The fourth-order valence-electron chi connectivity index (χ4n) is 1.70. The molecule has 0 aliphatic rings. The van der Waals surface area contributed by atoms with Crippen LogP contribution >= 0.6 is 0 Å². The van der Waals surface area contributed by atoms with Crippen molar-refractivity contribution in [1.82, 2.24) is 5.32 Å². The van der Waals surface area contributed by atoms with Crippen molar-refractivity contribution in [2.45, 2.75) is 13.1 Å². The summed E-state index contributed by atoms with van der Waals surface area (Å²) in [4.78, 5) is 11.0. The number of nitrogens with zero attached hydrogens (tertiary/aromatic N) is 1. The SMILES string of the molecule is N#Cc1ccc(CNCc2cccc(C(N)=O)c2)o1. The third-order valence-corrected chi connectivity index (χ3v) is 2.61. The molecule has 19 heavy (non-hydrogen) atoms. The Morgan fingerprint density at radius 1 is 1.32 bits per heavy atom. The van der Waals surface area contributed by atoms with Crippen molar-refractivity contribution < 1.29 is 9.21 Å². The van der Waals surface area contributed by atoms with E-state index in [1.807, 2.05) is 12.1 Å². The lowest BCUT2D eigenvalue weighted by atomic mass is 10.1. The van der Waals surface area contributed by atoms with E-state index < -0.39 is 5.91 Å². The van der Waals surface area contributed by atoms with Gasteiger partial charge in [0.25, 0.3) is 0 Å². The summed E-state index contributed by atoms with van der Waals surface area (Å²) >= 11 is 0. The first-order chi connectivity index (χ1) is 9.19. The Morgan fingerprint density at radius 3 is 2.84 bits per heavy atom. The molecular weight excluding hydrogens is 242 g/mol. The van der Waals surface area contributed by atoms with Gasteiger partial charge < -0.3 is 15.5 Å². The first-order valence-electron chi connectivity index (χ1n) is 5.77. The predicted octanol–water partition coefficient (Wildman–Crippen LogP) is 1.54. The lowest BCUT2D eigenvalue weighted by Gasteiger charge is -2.04. The Kier molecular flexibility index (Phi) is 3.96. The second kappa shape index (κ2) is 5.85. The lowest BCUT2D eigenvalue weighted by molar-refractivity contribution is 0.1000. The van der Waals surface area contributed by atoms with Crippen LogP contribution in [0.4, 0.5) is 0 Å². The van der Waals surface area contributed by atoms with Crippen LogP contribution in [0.15, 0.2) is 40.8 Å². The number of nitriles is 1. The van der Waals surface area contributed by atoms with Crippen LogP contribution in [-0.2, 0) is 13.1 Å². The quantitative estimate of drug-likeness (QED) is 0.847. The second-order valence-corrected chi connectivity index (χ2v) is 4.05. The number of nitrogens with one attached hydrogen (secondary N) is 1. The Morgan fingerprint density at radius 2 is 2.16 bits per heavy atom. The molecule has 96 valence electrons. The fourth-order valence-corrected chi connectivity index (χ4v) is 1.70. The Balaban J connectivity index is 1.90. The van der Waals surface area contributed by atoms with Gasteiger partial charge in [0.15, 0.2) is 0 Å². The van der Waals surface area contributed by atoms with Crippen molar-refractivity contribution in [1.29, 1.82) is 5.26 Å².